The number of rotatable bonds is 4. The third-order valence-electron chi connectivity index (χ3n) is 3.55. The van der Waals surface area contributed by atoms with Crippen LogP contribution in [0.4, 0.5) is 16.2 Å². The van der Waals surface area contributed by atoms with Crippen molar-refractivity contribution in [1.29, 1.82) is 0 Å². The lowest BCUT2D eigenvalue weighted by Crippen LogP contribution is -2.31. The van der Waals surface area contributed by atoms with Crippen LogP contribution in [-0.2, 0) is 7.05 Å². The van der Waals surface area contributed by atoms with Gasteiger partial charge in [0.25, 0.3) is 5.69 Å². The SMILES string of the molecule is Cc1ccc([N+](=O)[O-])cc1NC(=O)NC(C)c1cn(C)nc1C. The van der Waals surface area contributed by atoms with E-state index in [2.05, 4.69) is 15.7 Å². The molecule has 0 aliphatic heterocycles. The molecular formula is C15H19N5O3. The van der Waals surface area contributed by atoms with Crippen LogP contribution in [-0.4, -0.2) is 20.7 Å². The number of urea groups is 1. The minimum absolute atomic E-state index is 0.0675. The van der Waals surface area contributed by atoms with Crippen LogP contribution in [0.25, 0.3) is 0 Å². The Morgan fingerprint density at radius 3 is 2.65 bits per heavy atom. The van der Waals surface area contributed by atoms with Crippen molar-refractivity contribution in [2.24, 2.45) is 7.05 Å². The number of hydrogen-bond acceptors (Lipinski definition) is 4. The Bertz CT molecular complexity index is 754. The van der Waals surface area contributed by atoms with E-state index in [0.717, 1.165) is 16.8 Å². The van der Waals surface area contributed by atoms with Gasteiger partial charge in [-0.25, -0.2) is 4.79 Å². The molecule has 0 aliphatic carbocycles. The van der Waals surface area contributed by atoms with Gasteiger partial charge in [0.1, 0.15) is 0 Å². The second-order valence-corrected chi connectivity index (χ2v) is 5.42. The fourth-order valence-corrected chi connectivity index (χ4v) is 2.33. The number of nitrogens with zero attached hydrogens (tertiary/aromatic N) is 3. The number of anilines is 1. The number of hydrogen-bond donors (Lipinski definition) is 2. The van der Waals surface area contributed by atoms with Crippen LogP contribution in [0.3, 0.4) is 0 Å². The molecule has 1 unspecified atom stereocenters. The number of aromatic nitrogens is 2. The summed E-state index contributed by atoms with van der Waals surface area (Å²) in [6, 6.07) is 3.68. The molecule has 2 N–H and O–H groups in total. The van der Waals surface area contributed by atoms with E-state index >= 15 is 0 Å². The minimum atomic E-state index is -0.496. The van der Waals surface area contributed by atoms with Crippen LogP contribution in [0.5, 0.6) is 0 Å². The Morgan fingerprint density at radius 1 is 1.39 bits per heavy atom. The van der Waals surface area contributed by atoms with Crippen molar-refractivity contribution in [3.63, 3.8) is 0 Å². The van der Waals surface area contributed by atoms with E-state index in [4.69, 9.17) is 0 Å². The molecule has 0 saturated heterocycles. The number of non-ortho nitro benzene ring substituents is 1. The van der Waals surface area contributed by atoms with Crippen molar-refractivity contribution in [1.82, 2.24) is 15.1 Å². The Morgan fingerprint density at radius 2 is 2.09 bits per heavy atom. The molecule has 0 aliphatic rings. The van der Waals surface area contributed by atoms with E-state index in [1.807, 2.05) is 27.1 Å². The van der Waals surface area contributed by atoms with Gasteiger partial charge in [0.2, 0.25) is 0 Å². The molecule has 0 radical (unpaired) electrons. The fraction of sp³-hybridized carbons (Fsp3) is 0.333. The molecule has 23 heavy (non-hydrogen) atoms. The lowest BCUT2D eigenvalue weighted by atomic mass is 10.1. The summed E-state index contributed by atoms with van der Waals surface area (Å²) < 4.78 is 1.69. The molecule has 0 fully saturated rings. The number of carbonyl (C=O) groups is 1. The maximum absolute atomic E-state index is 12.1. The second kappa shape index (κ2) is 6.47. The average Bonchev–Trinajstić information content (AvgIpc) is 2.79. The molecule has 0 spiro atoms. The minimum Gasteiger partial charge on any atom is -0.331 e. The molecule has 1 atom stereocenters. The molecule has 0 saturated carbocycles. The first kappa shape index (κ1) is 16.5. The van der Waals surface area contributed by atoms with E-state index in [9.17, 15) is 14.9 Å². The molecule has 0 bridgehead atoms. The predicted octanol–water partition coefficient (Wildman–Crippen LogP) is 2.83. The van der Waals surface area contributed by atoms with Crippen molar-refractivity contribution in [3.05, 3.63) is 51.3 Å². The maximum Gasteiger partial charge on any atom is 0.319 e. The van der Waals surface area contributed by atoms with Gasteiger partial charge >= 0.3 is 6.03 Å². The van der Waals surface area contributed by atoms with Crippen LogP contribution in [0.2, 0.25) is 0 Å². The highest BCUT2D eigenvalue weighted by Gasteiger charge is 2.16. The number of nitro groups is 1. The highest BCUT2D eigenvalue weighted by atomic mass is 16.6. The number of carbonyl (C=O) groups excluding carboxylic acids is 1. The number of nitrogens with one attached hydrogen (secondary N) is 2. The third-order valence-corrected chi connectivity index (χ3v) is 3.55. The topological polar surface area (TPSA) is 102 Å². The Hall–Kier alpha value is -2.90. The Labute approximate surface area is 133 Å². The summed E-state index contributed by atoms with van der Waals surface area (Å²) in [5.41, 5.74) is 2.84. The summed E-state index contributed by atoms with van der Waals surface area (Å²) in [7, 11) is 1.82. The molecule has 2 rings (SSSR count). The zero-order chi connectivity index (χ0) is 17.1. The molecule has 122 valence electrons. The normalized spacial score (nSPS) is 11.8. The smallest absolute Gasteiger partial charge is 0.319 e. The highest BCUT2D eigenvalue weighted by molar-refractivity contribution is 5.90. The lowest BCUT2D eigenvalue weighted by Gasteiger charge is -2.15. The van der Waals surface area contributed by atoms with E-state index in [-0.39, 0.29) is 11.7 Å². The van der Waals surface area contributed by atoms with Gasteiger partial charge < -0.3 is 10.6 Å². The van der Waals surface area contributed by atoms with Crippen molar-refractivity contribution < 1.29 is 9.72 Å². The van der Waals surface area contributed by atoms with Crippen LogP contribution in [0.1, 0.15) is 29.8 Å². The van der Waals surface area contributed by atoms with Gasteiger partial charge in [-0.2, -0.15) is 5.10 Å². The average molecular weight is 317 g/mol. The Kier molecular flexibility index (Phi) is 4.63. The number of nitro benzene ring substituents is 1. The largest absolute Gasteiger partial charge is 0.331 e. The molecule has 1 aromatic carbocycles. The summed E-state index contributed by atoms with van der Waals surface area (Å²) in [4.78, 5) is 22.5. The van der Waals surface area contributed by atoms with Gasteiger partial charge in [-0.15, -0.1) is 0 Å². The third kappa shape index (κ3) is 3.85. The first-order valence-corrected chi connectivity index (χ1v) is 7.10. The van der Waals surface area contributed by atoms with E-state index in [1.165, 1.54) is 12.1 Å². The summed E-state index contributed by atoms with van der Waals surface area (Å²) in [6.45, 7) is 5.49. The molecule has 1 heterocycles. The van der Waals surface area contributed by atoms with Crippen LogP contribution in [0.15, 0.2) is 24.4 Å². The number of benzene rings is 1. The van der Waals surface area contributed by atoms with Crippen molar-refractivity contribution in [2.75, 3.05) is 5.32 Å². The predicted molar refractivity (Wildman–Crippen MR) is 86.3 cm³/mol. The van der Waals surface area contributed by atoms with Gasteiger partial charge in [-0.3, -0.25) is 14.8 Å². The maximum atomic E-state index is 12.1. The first-order valence-electron chi connectivity index (χ1n) is 7.10. The zero-order valence-corrected chi connectivity index (χ0v) is 13.5. The second-order valence-electron chi connectivity index (χ2n) is 5.42. The highest BCUT2D eigenvalue weighted by Crippen LogP contribution is 2.22. The van der Waals surface area contributed by atoms with Crippen LogP contribution < -0.4 is 10.6 Å². The van der Waals surface area contributed by atoms with Crippen molar-refractivity contribution in [2.45, 2.75) is 26.8 Å². The van der Waals surface area contributed by atoms with Gasteiger partial charge in [-0.05, 0) is 26.3 Å². The zero-order valence-electron chi connectivity index (χ0n) is 13.5. The lowest BCUT2D eigenvalue weighted by molar-refractivity contribution is -0.384. The molecular weight excluding hydrogens is 298 g/mol. The fourth-order valence-electron chi connectivity index (χ4n) is 2.33. The Balaban J connectivity index is 2.09. The summed E-state index contributed by atoms with van der Waals surface area (Å²) in [5.74, 6) is 0. The van der Waals surface area contributed by atoms with Gasteiger partial charge in [-0.1, -0.05) is 6.07 Å². The van der Waals surface area contributed by atoms with Gasteiger partial charge in [0, 0.05) is 30.9 Å². The summed E-state index contributed by atoms with van der Waals surface area (Å²) in [5, 5.41) is 20.5. The van der Waals surface area contributed by atoms with E-state index < -0.39 is 11.0 Å². The molecule has 2 amide bonds. The monoisotopic (exact) mass is 317 g/mol. The number of aryl methyl sites for hydroxylation is 3. The number of amides is 2. The first-order chi connectivity index (χ1) is 10.8. The van der Waals surface area contributed by atoms with E-state index in [1.54, 1.807) is 17.7 Å². The summed E-state index contributed by atoms with van der Waals surface area (Å²) >= 11 is 0. The van der Waals surface area contributed by atoms with Crippen LogP contribution in [0, 0.1) is 24.0 Å². The molecule has 1 aromatic heterocycles. The quantitative estimate of drug-likeness (QED) is 0.668. The van der Waals surface area contributed by atoms with Gasteiger partial charge in [0.05, 0.1) is 22.3 Å². The molecule has 8 heteroatoms. The molecule has 8 nitrogen and oxygen atoms in total. The van der Waals surface area contributed by atoms with Crippen molar-refractivity contribution >= 4 is 17.4 Å². The standard InChI is InChI=1S/C15H19N5O3/c1-9-5-6-12(20(22)23)7-14(9)17-15(21)16-10(2)13-8-19(4)18-11(13)3/h5-8,10H,1-4H3,(H2,16,17,21). The van der Waals surface area contributed by atoms with Crippen molar-refractivity contribution in [3.8, 4) is 0 Å². The van der Waals surface area contributed by atoms with E-state index in [0.29, 0.717) is 5.69 Å². The molecule has 2 aromatic rings. The summed E-state index contributed by atoms with van der Waals surface area (Å²) in [6.07, 6.45) is 1.85. The van der Waals surface area contributed by atoms with Gasteiger partial charge in [0.15, 0.2) is 0 Å². The van der Waals surface area contributed by atoms with Crippen LogP contribution >= 0.6 is 0 Å².